The van der Waals surface area contributed by atoms with E-state index in [1.54, 1.807) is 19.9 Å². The Bertz CT molecular complexity index is 818. The minimum atomic E-state index is -0.782. The van der Waals surface area contributed by atoms with E-state index in [1.807, 2.05) is 13.0 Å². The minimum absolute atomic E-state index is 0.124. The van der Waals surface area contributed by atoms with Crippen molar-refractivity contribution in [1.29, 1.82) is 0 Å². The Kier molecular flexibility index (Phi) is 8.66. The third kappa shape index (κ3) is 7.60. The minimum Gasteiger partial charge on any atom is -0.207 e. The third-order valence-corrected chi connectivity index (χ3v) is 3.59. The van der Waals surface area contributed by atoms with E-state index in [2.05, 4.69) is 0 Å². The summed E-state index contributed by atoms with van der Waals surface area (Å²) in [6, 6.07) is 12.7. The molecule has 0 radical (unpaired) electrons. The Hall–Kier alpha value is -2.69. The lowest BCUT2D eigenvalue weighted by atomic mass is 10.1. The highest BCUT2D eigenvalue weighted by molar-refractivity contribution is 5.22. The molecule has 0 spiro atoms. The summed E-state index contributed by atoms with van der Waals surface area (Å²) < 4.78 is 61.5. The van der Waals surface area contributed by atoms with Crippen molar-refractivity contribution >= 4 is 0 Å². The van der Waals surface area contributed by atoms with Crippen molar-refractivity contribution in [2.45, 2.75) is 27.7 Å². The molecule has 0 saturated carbocycles. The van der Waals surface area contributed by atoms with Crippen LogP contribution in [0.5, 0.6) is 0 Å². The third-order valence-electron chi connectivity index (χ3n) is 3.59. The summed E-state index contributed by atoms with van der Waals surface area (Å²) in [6.07, 6.45) is 0. The highest BCUT2D eigenvalue weighted by atomic mass is 19.2. The van der Waals surface area contributed by atoms with Crippen LogP contribution in [0.1, 0.15) is 22.3 Å². The van der Waals surface area contributed by atoms with Crippen molar-refractivity contribution in [3.05, 3.63) is 106 Å². The molecule has 0 aliphatic rings. The largest absolute Gasteiger partial charge is 0.207 e. The van der Waals surface area contributed by atoms with Crippen molar-refractivity contribution in [3.63, 3.8) is 0 Å². The molecule has 3 aromatic rings. The SMILES string of the molecule is Cc1ccc(F)c(C)c1.Cc1ccc(F)cc1F.Cc1cccc(F)c1F. The Morgan fingerprint density at radius 1 is 0.519 bits per heavy atom. The van der Waals surface area contributed by atoms with E-state index in [4.69, 9.17) is 0 Å². The Labute approximate surface area is 156 Å². The highest BCUT2D eigenvalue weighted by Crippen LogP contribution is 2.09. The van der Waals surface area contributed by atoms with Gasteiger partial charge in [-0.2, -0.15) is 0 Å². The average Bonchev–Trinajstić information content (AvgIpc) is 2.61. The van der Waals surface area contributed by atoms with Gasteiger partial charge in [0.05, 0.1) is 0 Å². The fraction of sp³-hybridized carbons (Fsp3) is 0.182. The lowest BCUT2D eigenvalue weighted by molar-refractivity contribution is 0.503. The molecule has 0 amide bonds. The summed E-state index contributed by atoms with van der Waals surface area (Å²) in [6.45, 7) is 6.84. The molecule has 0 nitrogen and oxygen atoms in total. The first-order chi connectivity index (χ1) is 12.6. The number of hydrogen-bond acceptors (Lipinski definition) is 0. The molecular formula is C22H21F5. The summed E-state index contributed by atoms with van der Waals surface area (Å²) in [5.41, 5.74) is 2.63. The monoisotopic (exact) mass is 380 g/mol. The molecule has 0 aromatic heterocycles. The normalized spacial score (nSPS) is 9.67. The first-order valence-electron chi connectivity index (χ1n) is 8.16. The summed E-state index contributed by atoms with van der Waals surface area (Å²) in [7, 11) is 0. The molecule has 27 heavy (non-hydrogen) atoms. The molecule has 3 aromatic carbocycles. The maximum atomic E-state index is 12.5. The second-order valence-corrected chi connectivity index (χ2v) is 6.02. The number of aryl methyl sites for hydroxylation is 4. The Morgan fingerprint density at radius 2 is 1.19 bits per heavy atom. The number of hydrogen-bond donors (Lipinski definition) is 0. The zero-order chi connectivity index (χ0) is 20.6. The van der Waals surface area contributed by atoms with Crippen LogP contribution in [0.25, 0.3) is 0 Å². The summed E-state index contributed by atoms with van der Waals surface area (Å²) >= 11 is 0. The van der Waals surface area contributed by atoms with Gasteiger partial charge in [0.2, 0.25) is 0 Å². The summed E-state index contributed by atoms with van der Waals surface area (Å²) in [5, 5.41) is 0. The molecule has 3 rings (SSSR count). The molecule has 5 heteroatoms. The van der Waals surface area contributed by atoms with E-state index in [1.165, 1.54) is 37.3 Å². The van der Waals surface area contributed by atoms with Gasteiger partial charge in [0, 0.05) is 6.07 Å². The first kappa shape index (κ1) is 22.4. The number of halogens is 5. The molecule has 0 N–H and O–H groups in total. The molecule has 0 unspecified atom stereocenters. The van der Waals surface area contributed by atoms with Gasteiger partial charge >= 0.3 is 0 Å². The van der Waals surface area contributed by atoms with Gasteiger partial charge < -0.3 is 0 Å². The molecule has 0 heterocycles. The second kappa shape index (κ2) is 10.5. The van der Waals surface area contributed by atoms with Gasteiger partial charge in [-0.15, -0.1) is 0 Å². The molecule has 0 saturated heterocycles. The maximum absolute atomic E-state index is 12.5. The fourth-order valence-corrected chi connectivity index (χ4v) is 1.97. The van der Waals surface area contributed by atoms with Crippen LogP contribution in [0.15, 0.2) is 54.6 Å². The van der Waals surface area contributed by atoms with Crippen LogP contribution in [-0.4, -0.2) is 0 Å². The van der Waals surface area contributed by atoms with Gasteiger partial charge in [-0.1, -0.05) is 35.9 Å². The van der Waals surface area contributed by atoms with Crippen molar-refractivity contribution in [1.82, 2.24) is 0 Å². The molecule has 144 valence electrons. The van der Waals surface area contributed by atoms with Gasteiger partial charge in [-0.3, -0.25) is 0 Å². The smallest absolute Gasteiger partial charge is 0.161 e. The van der Waals surface area contributed by atoms with Crippen LogP contribution in [0, 0.1) is 56.8 Å². The molecule has 0 atom stereocenters. The van der Waals surface area contributed by atoms with Crippen molar-refractivity contribution < 1.29 is 22.0 Å². The van der Waals surface area contributed by atoms with Crippen molar-refractivity contribution in [2.75, 3.05) is 0 Å². The number of benzene rings is 3. The standard InChI is InChI=1S/C8H9F.2C7H6F2/c1-6-3-4-8(9)7(2)5-6;1-5-2-3-6(8)4-7(5)9;1-5-3-2-4-6(8)7(5)9/h3-5H,1-2H3;2*2-4H,1H3. The van der Waals surface area contributed by atoms with E-state index in [9.17, 15) is 22.0 Å². The van der Waals surface area contributed by atoms with Crippen molar-refractivity contribution in [3.8, 4) is 0 Å². The molecule has 0 fully saturated rings. The summed E-state index contributed by atoms with van der Waals surface area (Å²) in [4.78, 5) is 0. The molecule has 0 aliphatic carbocycles. The van der Waals surface area contributed by atoms with Crippen LogP contribution >= 0.6 is 0 Å². The van der Waals surface area contributed by atoms with Crippen molar-refractivity contribution in [2.24, 2.45) is 0 Å². The zero-order valence-corrected chi connectivity index (χ0v) is 15.6. The number of rotatable bonds is 0. The van der Waals surface area contributed by atoms with Crippen LogP contribution in [0.2, 0.25) is 0 Å². The van der Waals surface area contributed by atoms with Gasteiger partial charge in [0.25, 0.3) is 0 Å². The van der Waals surface area contributed by atoms with E-state index in [0.717, 1.165) is 23.3 Å². The van der Waals surface area contributed by atoms with Crippen LogP contribution in [0.4, 0.5) is 22.0 Å². The molecular weight excluding hydrogens is 359 g/mol. The first-order valence-corrected chi connectivity index (χ1v) is 8.16. The van der Waals surface area contributed by atoms with Crippen LogP contribution < -0.4 is 0 Å². The van der Waals surface area contributed by atoms with Gasteiger partial charge in [-0.25, -0.2) is 22.0 Å². The second-order valence-electron chi connectivity index (χ2n) is 6.02. The summed E-state index contributed by atoms with van der Waals surface area (Å²) in [5.74, 6) is -2.68. The van der Waals surface area contributed by atoms with E-state index >= 15 is 0 Å². The Morgan fingerprint density at radius 3 is 1.63 bits per heavy atom. The maximum Gasteiger partial charge on any atom is 0.161 e. The highest BCUT2D eigenvalue weighted by Gasteiger charge is 2.00. The van der Waals surface area contributed by atoms with Gasteiger partial charge in [0.1, 0.15) is 17.5 Å². The molecule has 0 bridgehead atoms. The predicted molar refractivity (Wildman–Crippen MR) is 98.1 cm³/mol. The van der Waals surface area contributed by atoms with Gasteiger partial charge in [-0.05, 0) is 62.6 Å². The van der Waals surface area contributed by atoms with E-state index in [0.29, 0.717) is 11.1 Å². The Balaban J connectivity index is 0.000000202. The fourth-order valence-electron chi connectivity index (χ4n) is 1.97. The van der Waals surface area contributed by atoms with Gasteiger partial charge in [0.15, 0.2) is 11.6 Å². The quantitative estimate of drug-likeness (QED) is 0.369. The van der Waals surface area contributed by atoms with Crippen LogP contribution in [-0.2, 0) is 0 Å². The van der Waals surface area contributed by atoms with E-state index < -0.39 is 23.3 Å². The topological polar surface area (TPSA) is 0 Å². The predicted octanol–water partition coefficient (Wildman–Crippen LogP) is 6.99. The van der Waals surface area contributed by atoms with E-state index in [-0.39, 0.29) is 5.82 Å². The molecule has 0 aliphatic heterocycles. The average molecular weight is 380 g/mol. The lowest BCUT2D eigenvalue weighted by Crippen LogP contribution is -1.85. The van der Waals surface area contributed by atoms with Crippen LogP contribution in [0.3, 0.4) is 0 Å². The lowest BCUT2D eigenvalue weighted by Gasteiger charge is -1.95. The zero-order valence-electron chi connectivity index (χ0n) is 15.6.